The van der Waals surface area contributed by atoms with Crippen molar-refractivity contribution in [3.8, 4) is 17.1 Å². The quantitative estimate of drug-likeness (QED) is 0.284. The number of hydrogen-bond donors (Lipinski definition) is 0. The van der Waals surface area contributed by atoms with Crippen LogP contribution in [0.4, 0.5) is 0 Å². The third-order valence-electron chi connectivity index (χ3n) is 4.66. The highest BCUT2D eigenvalue weighted by atomic mass is 32.2. The van der Waals surface area contributed by atoms with E-state index in [1.807, 2.05) is 54.7 Å². The van der Waals surface area contributed by atoms with Gasteiger partial charge in [-0.3, -0.25) is 9.69 Å². The highest BCUT2D eigenvalue weighted by Crippen LogP contribution is 2.35. The van der Waals surface area contributed by atoms with Crippen LogP contribution in [0.15, 0.2) is 64.2 Å². The Balaban J connectivity index is 1.68. The zero-order valence-electron chi connectivity index (χ0n) is 16.1. The number of hydrogen-bond acceptors (Lipinski definition) is 5. The van der Waals surface area contributed by atoms with E-state index in [-0.39, 0.29) is 5.91 Å². The van der Waals surface area contributed by atoms with Crippen LogP contribution in [0.3, 0.4) is 0 Å². The fourth-order valence-corrected chi connectivity index (χ4v) is 4.46. The summed E-state index contributed by atoms with van der Waals surface area (Å²) in [6, 6.07) is 13.5. The number of unbranched alkanes of at least 4 members (excludes halogenated alkanes) is 2. The van der Waals surface area contributed by atoms with Gasteiger partial charge in [0.15, 0.2) is 5.76 Å². The van der Waals surface area contributed by atoms with Gasteiger partial charge in [-0.2, -0.15) is 5.10 Å². The molecule has 0 radical (unpaired) electrons. The van der Waals surface area contributed by atoms with E-state index in [9.17, 15) is 4.79 Å². The molecule has 3 aromatic rings. The number of carbonyl (C=O) groups is 1. The molecule has 0 N–H and O–H groups in total. The first kappa shape index (κ1) is 19.7. The highest BCUT2D eigenvalue weighted by Gasteiger charge is 2.32. The van der Waals surface area contributed by atoms with Gasteiger partial charge in [-0.15, -0.1) is 0 Å². The molecule has 1 aliphatic heterocycles. The van der Waals surface area contributed by atoms with Crippen molar-refractivity contribution >= 4 is 40.3 Å². The molecule has 0 saturated carbocycles. The Morgan fingerprint density at radius 1 is 1.17 bits per heavy atom. The molecule has 1 aliphatic rings. The molecular weight excluding hydrogens is 402 g/mol. The summed E-state index contributed by atoms with van der Waals surface area (Å²) in [5.74, 6) is 0.623. The number of thiocarbonyl (C=S) groups is 1. The Morgan fingerprint density at radius 2 is 2.00 bits per heavy atom. The lowest BCUT2D eigenvalue weighted by Gasteiger charge is -2.13. The Morgan fingerprint density at radius 3 is 2.72 bits per heavy atom. The van der Waals surface area contributed by atoms with Crippen molar-refractivity contribution in [2.24, 2.45) is 0 Å². The lowest BCUT2D eigenvalue weighted by Crippen LogP contribution is -2.28. The molecule has 7 heteroatoms. The minimum Gasteiger partial charge on any atom is -0.463 e. The van der Waals surface area contributed by atoms with Crippen LogP contribution in [0, 0.1) is 0 Å². The molecule has 148 valence electrons. The van der Waals surface area contributed by atoms with Gasteiger partial charge in [-0.25, -0.2) is 4.68 Å². The SMILES string of the molecule is CCCCCN1C(=O)/C(=C/c2cn(-c3ccccc3)nc2-c2ccco2)SC1=S. The van der Waals surface area contributed by atoms with E-state index in [2.05, 4.69) is 6.92 Å². The lowest BCUT2D eigenvalue weighted by molar-refractivity contribution is -0.122. The fourth-order valence-electron chi connectivity index (χ4n) is 3.16. The summed E-state index contributed by atoms with van der Waals surface area (Å²) in [7, 11) is 0. The number of thioether (sulfide) groups is 1. The molecule has 0 bridgehead atoms. The van der Waals surface area contributed by atoms with Crippen LogP contribution < -0.4 is 0 Å². The monoisotopic (exact) mass is 423 g/mol. The van der Waals surface area contributed by atoms with E-state index in [4.69, 9.17) is 21.7 Å². The number of nitrogens with zero attached hydrogens (tertiary/aromatic N) is 3. The Kier molecular flexibility index (Phi) is 5.97. The second-order valence-electron chi connectivity index (χ2n) is 6.73. The zero-order chi connectivity index (χ0) is 20.2. The van der Waals surface area contributed by atoms with Gasteiger partial charge >= 0.3 is 0 Å². The molecule has 1 aromatic carbocycles. The normalized spacial score (nSPS) is 15.6. The predicted octanol–water partition coefficient (Wildman–Crippen LogP) is 5.52. The van der Waals surface area contributed by atoms with Crippen LogP contribution in [-0.4, -0.2) is 31.5 Å². The molecule has 1 fully saturated rings. The third kappa shape index (κ3) is 4.21. The third-order valence-corrected chi connectivity index (χ3v) is 6.04. The molecule has 1 amide bonds. The molecule has 0 unspecified atom stereocenters. The second-order valence-corrected chi connectivity index (χ2v) is 8.41. The standard InChI is InChI=1S/C22H21N3O2S2/c1-2-3-7-12-24-21(26)19(29-22(24)28)14-16-15-25(17-9-5-4-6-10-17)23-20(16)18-11-8-13-27-18/h4-6,8-11,13-15H,2-3,7,12H2,1H3/b19-14-. The van der Waals surface area contributed by atoms with Crippen LogP contribution in [0.25, 0.3) is 23.2 Å². The molecular formula is C22H21N3O2S2. The van der Waals surface area contributed by atoms with Gasteiger partial charge in [0, 0.05) is 18.3 Å². The number of rotatable bonds is 7. The topological polar surface area (TPSA) is 51.3 Å². The first-order valence-electron chi connectivity index (χ1n) is 9.61. The first-order valence-corrected chi connectivity index (χ1v) is 10.8. The molecule has 0 atom stereocenters. The molecule has 0 aliphatic carbocycles. The summed E-state index contributed by atoms with van der Waals surface area (Å²) >= 11 is 6.79. The van der Waals surface area contributed by atoms with E-state index in [0.717, 1.165) is 30.5 Å². The predicted molar refractivity (Wildman–Crippen MR) is 121 cm³/mol. The Labute approximate surface area is 179 Å². The van der Waals surface area contributed by atoms with Crippen molar-refractivity contribution < 1.29 is 9.21 Å². The molecule has 4 rings (SSSR count). The van der Waals surface area contributed by atoms with E-state index in [1.54, 1.807) is 15.8 Å². The van der Waals surface area contributed by atoms with E-state index in [0.29, 0.717) is 27.2 Å². The van der Waals surface area contributed by atoms with E-state index in [1.165, 1.54) is 11.8 Å². The van der Waals surface area contributed by atoms with Crippen molar-refractivity contribution in [1.82, 2.24) is 14.7 Å². The van der Waals surface area contributed by atoms with Crippen LogP contribution in [0.1, 0.15) is 31.7 Å². The number of aromatic nitrogens is 2. The van der Waals surface area contributed by atoms with E-state index < -0.39 is 0 Å². The number of carbonyl (C=O) groups excluding carboxylic acids is 1. The molecule has 5 nitrogen and oxygen atoms in total. The molecule has 0 spiro atoms. The molecule has 29 heavy (non-hydrogen) atoms. The Hall–Kier alpha value is -2.64. The van der Waals surface area contributed by atoms with Crippen LogP contribution in [0.5, 0.6) is 0 Å². The Bertz CT molecular complexity index is 1040. The maximum Gasteiger partial charge on any atom is 0.266 e. The van der Waals surface area contributed by atoms with Gasteiger partial charge in [0.2, 0.25) is 0 Å². The molecule has 2 aromatic heterocycles. The number of benzene rings is 1. The summed E-state index contributed by atoms with van der Waals surface area (Å²) in [5.41, 5.74) is 2.44. The molecule has 3 heterocycles. The van der Waals surface area contributed by atoms with Crippen molar-refractivity contribution in [3.05, 3.63) is 65.4 Å². The summed E-state index contributed by atoms with van der Waals surface area (Å²) in [6.45, 7) is 2.81. The minimum atomic E-state index is -0.0334. The summed E-state index contributed by atoms with van der Waals surface area (Å²) in [4.78, 5) is 15.2. The van der Waals surface area contributed by atoms with Crippen LogP contribution in [-0.2, 0) is 4.79 Å². The maximum atomic E-state index is 12.9. The van der Waals surface area contributed by atoms with Crippen LogP contribution >= 0.6 is 24.0 Å². The van der Waals surface area contributed by atoms with Gasteiger partial charge in [0.1, 0.15) is 10.0 Å². The largest absolute Gasteiger partial charge is 0.463 e. The fraction of sp³-hybridized carbons (Fsp3) is 0.227. The first-order chi connectivity index (χ1) is 14.2. The summed E-state index contributed by atoms with van der Waals surface area (Å²) < 4.78 is 7.99. The number of para-hydroxylation sites is 1. The minimum absolute atomic E-state index is 0.0334. The average Bonchev–Trinajstić information content (AvgIpc) is 3.45. The second kappa shape index (κ2) is 8.80. The van der Waals surface area contributed by atoms with Crippen molar-refractivity contribution in [3.63, 3.8) is 0 Å². The zero-order valence-corrected chi connectivity index (χ0v) is 17.7. The van der Waals surface area contributed by atoms with E-state index >= 15 is 0 Å². The highest BCUT2D eigenvalue weighted by molar-refractivity contribution is 8.26. The van der Waals surface area contributed by atoms with Crippen LogP contribution in [0.2, 0.25) is 0 Å². The van der Waals surface area contributed by atoms with Gasteiger partial charge in [0.05, 0.1) is 16.9 Å². The number of furan rings is 1. The summed E-state index contributed by atoms with van der Waals surface area (Å²) in [6.07, 6.45) is 8.55. The van der Waals surface area contributed by atoms with Gasteiger partial charge in [0.25, 0.3) is 5.91 Å². The maximum absolute atomic E-state index is 12.9. The van der Waals surface area contributed by atoms with Crippen molar-refractivity contribution in [1.29, 1.82) is 0 Å². The smallest absolute Gasteiger partial charge is 0.266 e. The number of amides is 1. The average molecular weight is 424 g/mol. The van der Waals surface area contributed by atoms with Crippen molar-refractivity contribution in [2.45, 2.75) is 26.2 Å². The van der Waals surface area contributed by atoms with Gasteiger partial charge < -0.3 is 4.42 Å². The summed E-state index contributed by atoms with van der Waals surface area (Å²) in [5, 5.41) is 4.70. The van der Waals surface area contributed by atoms with Gasteiger partial charge in [-0.05, 0) is 36.8 Å². The molecule has 1 saturated heterocycles. The van der Waals surface area contributed by atoms with Gasteiger partial charge in [-0.1, -0.05) is 61.9 Å². The van der Waals surface area contributed by atoms with Crippen molar-refractivity contribution in [2.75, 3.05) is 6.54 Å². The lowest BCUT2D eigenvalue weighted by atomic mass is 10.2.